The second kappa shape index (κ2) is 8.72. The van der Waals surface area contributed by atoms with E-state index < -0.39 is 0 Å². The van der Waals surface area contributed by atoms with E-state index in [4.69, 9.17) is 0 Å². The molecule has 7 aromatic carbocycles. The number of benzene rings is 7. The van der Waals surface area contributed by atoms with Gasteiger partial charge in [0.2, 0.25) is 0 Å². The normalized spacial score (nSPS) is 11.6. The quantitative estimate of drug-likeness (QED) is 0.230. The Labute approximate surface area is 227 Å². The van der Waals surface area contributed by atoms with Crippen molar-refractivity contribution in [1.82, 2.24) is 4.57 Å². The van der Waals surface area contributed by atoms with Gasteiger partial charge in [-0.1, -0.05) is 127 Å². The van der Waals surface area contributed by atoms with Gasteiger partial charge >= 0.3 is 0 Å². The van der Waals surface area contributed by atoms with Crippen molar-refractivity contribution in [3.8, 4) is 27.9 Å². The predicted octanol–water partition coefficient (Wildman–Crippen LogP) is 10.4. The molecule has 0 spiro atoms. The Morgan fingerprint density at radius 2 is 0.795 bits per heavy atom. The van der Waals surface area contributed by atoms with E-state index in [2.05, 4.69) is 156 Å². The van der Waals surface area contributed by atoms with Crippen LogP contribution in [0.1, 0.15) is 0 Å². The summed E-state index contributed by atoms with van der Waals surface area (Å²) in [5, 5.41) is 7.61. The lowest BCUT2D eigenvalue weighted by atomic mass is 9.96. The molecule has 1 aromatic heterocycles. The Bertz CT molecular complexity index is 2020. The highest BCUT2D eigenvalue weighted by atomic mass is 15.0. The van der Waals surface area contributed by atoms with Gasteiger partial charge in [0.15, 0.2) is 0 Å². The number of aromatic nitrogens is 1. The van der Waals surface area contributed by atoms with Crippen molar-refractivity contribution in [3.05, 3.63) is 152 Å². The van der Waals surface area contributed by atoms with Crippen LogP contribution >= 0.6 is 0 Å². The SMILES string of the molecule is c1ccc(-n2c3cc(-c4cccc5ccccc45)ccc3c3ccc(-c4cccc5ccccc45)cc32)cc1. The number of hydrogen-bond acceptors (Lipinski definition) is 0. The lowest BCUT2D eigenvalue weighted by Gasteiger charge is -2.11. The summed E-state index contributed by atoms with van der Waals surface area (Å²) in [7, 11) is 0. The van der Waals surface area contributed by atoms with Crippen LogP contribution in [0.3, 0.4) is 0 Å². The summed E-state index contributed by atoms with van der Waals surface area (Å²) >= 11 is 0. The van der Waals surface area contributed by atoms with Crippen molar-refractivity contribution in [2.45, 2.75) is 0 Å². The van der Waals surface area contributed by atoms with Gasteiger partial charge in [0, 0.05) is 16.5 Å². The van der Waals surface area contributed by atoms with Gasteiger partial charge in [0.25, 0.3) is 0 Å². The molecule has 0 atom stereocenters. The van der Waals surface area contributed by atoms with Gasteiger partial charge in [-0.15, -0.1) is 0 Å². The van der Waals surface area contributed by atoms with Crippen LogP contribution in [0, 0.1) is 0 Å². The fourth-order valence-corrected chi connectivity index (χ4v) is 6.16. The standard InChI is InChI=1S/C38H25N/c1-2-14-30(15-3-1)39-37-24-28(33-18-8-12-26-10-4-6-16-31(26)33)20-22-35(37)36-23-21-29(25-38(36)39)34-19-9-13-27-11-5-7-17-32(27)34/h1-25H. The molecule has 1 heteroatoms. The number of fused-ring (bicyclic) bond motifs is 5. The van der Waals surface area contributed by atoms with Gasteiger partial charge in [-0.3, -0.25) is 0 Å². The Morgan fingerprint density at radius 1 is 0.333 bits per heavy atom. The zero-order chi connectivity index (χ0) is 25.8. The molecule has 0 saturated carbocycles. The third kappa shape index (κ3) is 3.48. The smallest absolute Gasteiger partial charge is 0.0547 e. The van der Waals surface area contributed by atoms with Crippen LogP contribution in [0.4, 0.5) is 0 Å². The van der Waals surface area contributed by atoms with Gasteiger partial charge in [-0.05, 0) is 68.1 Å². The lowest BCUT2D eigenvalue weighted by molar-refractivity contribution is 1.18. The number of rotatable bonds is 3. The second-order valence-electron chi connectivity index (χ2n) is 10.2. The molecule has 0 N–H and O–H groups in total. The molecule has 0 aliphatic heterocycles. The zero-order valence-corrected chi connectivity index (χ0v) is 21.4. The molecule has 1 nitrogen and oxygen atoms in total. The molecule has 0 radical (unpaired) electrons. The molecular weight excluding hydrogens is 470 g/mol. The first-order chi connectivity index (χ1) is 19.3. The van der Waals surface area contributed by atoms with E-state index in [9.17, 15) is 0 Å². The molecule has 0 aliphatic rings. The lowest BCUT2D eigenvalue weighted by Crippen LogP contribution is -1.94. The number of nitrogens with zero attached hydrogens (tertiary/aromatic N) is 1. The van der Waals surface area contributed by atoms with Crippen molar-refractivity contribution >= 4 is 43.4 Å². The van der Waals surface area contributed by atoms with Gasteiger partial charge in [-0.2, -0.15) is 0 Å². The van der Waals surface area contributed by atoms with E-state index in [0.29, 0.717) is 0 Å². The minimum atomic E-state index is 1.17. The highest BCUT2D eigenvalue weighted by molar-refractivity contribution is 6.12. The van der Waals surface area contributed by atoms with Gasteiger partial charge in [-0.25, -0.2) is 0 Å². The highest BCUT2D eigenvalue weighted by Crippen LogP contribution is 2.39. The average molecular weight is 496 g/mol. The molecule has 0 fully saturated rings. The van der Waals surface area contributed by atoms with E-state index in [-0.39, 0.29) is 0 Å². The molecular formula is C38H25N. The third-order valence-electron chi connectivity index (χ3n) is 7.98. The Hall–Kier alpha value is -5.14. The molecule has 0 aliphatic carbocycles. The molecule has 0 saturated heterocycles. The van der Waals surface area contributed by atoms with Crippen LogP contribution in [0.2, 0.25) is 0 Å². The van der Waals surface area contributed by atoms with Crippen molar-refractivity contribution in [3.63, 3.8) is 0 Å². The molecule has 182 valence electrons. The van der Waals surface area contributed by atoms with E-state index >= 15 is 0 Å². The molecule has 39 heavy (non-hydrogen) atoms. The number of para-hydroxylation sites is 1. The third-order valence-corrected chi connectivity index (χ3v) is 7.98. The predicted molar refractivity (Wildman–Crippen MR) is 167 cm³/mol. The first kappa shape index (κ1) is 21.9. The first-order valence-corrected chi connectivity index (χ1v) is 13.5. The summed E-state index contributed by atoms with van der Waals surface area (Å²) in [6.07, 6.45) is 0. The monoisotopic (exact) mass is 495 g/mol. The van der Waals surface area contributed by atoms with Crippen molar-refractivity contribution in [1.29, 1.82) is 0 Å². The fourth-order valence-electron chi connectivity index (χ4n) is 6.16. The van der Waals surface area contributed by atoms with Crippen molar-refractivity contribution in [2.75, 3.05) is 0 Å². The molecule has 0 amide bonds. The Balaban J connectivity index is 1.43. The van der Waals surface area contributed by atoms with Crippen LogP contribution in [0.15, 0.2) is 152 Å². The molecule has 1 heterocycles. The summed E-state index contributed by atoms with van der Waals surface area (Å²) in [5.41, 5.74) is 8.59. The maximum Gasteiger partial charge on any atom is 0.0547 e. The first-order valence-electron chi connectivity index (χ1n) is 13.5. The van der Waals surface area contributed by atoms with Gasteiger partial charge in [0.1, 0.15) is 0 Å². The summed E-state index contributed by atoms with van der Waals surface area (Å²) in [6.45, 7) is 0. The topological polar surface area (TPSA) is 4.93 Å². The summed E-state index contributed by atoms with van der Waals surface area (Å²) in [5.74, 6) is 0. The minimum Gasteiger partial charge on any atom is -0.309 e. The van der Waals surface area contributed by atoms with Crippen LogP contribution < -0.4 is 0 Å². The maximum atomic E-state index is 2.42. The second-order valence-corrected chi connectivity index (χ2v) is 10.2. The number of hydrogen-bond donors (Lipinski definition) is 0. The highest BCUT2D eigenvalue weighted by Gasteiger charge is 2.16. The van der Waals surface area contributed by atoms with Gasteiger partial charge in [0.05, 0.1) is 11.0 Å². The van der Waals surface area contributed by atoms with E-state index in [1.165, 1.54) is 71.3 Å². The van der Waals surface area contributed by atoms with E-state index in [1.807, 2.05) is 0 Å². The van der Waals surface area contributed by atoms with Crippen LogP contribution in [0.25, 0.3) is 71.3 Å². The van der Waals surface area contributed by atoms with Gasteiger partial charge < -0.3 is 4.57 Å². The molecule has 8 rings (SSSR count). The maximum absolute atomic E-state index is 2.42. The molecule has 0 bridgehead atoms. The molecule has 0 unspecified atom stereocenters. The zero-order valence-electron chi connectivity index (χ0n) is 21.4. The largest absolute Gasteiger partial charge is 0.309 e. The summed E-state index contributed by atoms with van der Waals surface area (Å²) in [6, 6.07) is 55.0. The fraction of sp³-hybridized carbons (Fsp3) is 0. The summed E-state index contributed by atoms with van der Waals surface area (Å²) in [4.78, 5) is 0. The Kier molecular flexibility index (Phi) is 4.89. The minimum absolute atomic E-state index is 1.17. The summed E-state index contributed by atoms with van der Waals surface area (Å²) < 4.78 is 2.42. The average Bonchev–Trinajstić information content (AvgIpc) is 3.33. The van der Waals surface area contributed by atoms with E-state index in [1.54, 1.807) is 0 Å². The van der Waals surface area contributed by atoms with E-state index in [0.717, 1.165) is 0 Å². The molecule has 8 aromatic rings. The van der Waals surface area contributed by atoms with Crippen LogP contribution in [-0.4, -0.2) is 4.57 Å². The Morgan fingerprint density at radius 3 is 1.33 bits per heavy atom. The van der Waals surface area contributed by atoms with Crippen LogP contribution in [-0.2, 0) is 0 Å². The van der Waals surface area contributed by atoms with Crippen molar-refractivity contribution < 1.29 is 0 Å². The van der Waals surface area contributed by atoms with Crippen molar-refractivity contribution in [2.24, 2.45) is 0 Å². The van der Waals surface area contributed by atoms with Crippen LogP contribution in [0.5, 0.6) is 0 Å².